The molecule has 2 nitrogen and oxygen atoms in total. The van der Waals surface area contributed by atoms with Crippen molar-refractivity contribution in [2.45, 2.75) is 18.8 Å². The second-order valence-electron chi connectivity index (χ2n) is 3.78. The van der Waals surface area contributed by atoms with Gasteiger partial charge < -0.3 is 5.32 Å². The van der Waals surface area contributed by atoms with Crippen molar-refractivity contribution in [3.63, 3.8) is 0 Å². The molecule has 1 aromatic carbocycles. The van der Waals surface area contributed by atoms with Gasteiger partial charge >= 0.3 is 0 Å². The maximum atomic E-state index is 11.6. The fourth-order valence-electron chi connectivity index (χ4n) is 2.13. The van der Waals surface area contributed by atoms with E-state index < -0.39 is 0 Å². The molecule has 0 radical (unpaired) electrons. The normalized spacial score (nSPS) is 19.8. The number of benzene rings is 1. The molecule has 1 aromatic rings. The molecule has 0 aromatic heterocycles. The van der Waals surface area contributed by atoms with Gasteiger partial charge in [0.2, 0.25) is 5.91 Å². The van der Waals surface area contributed by atoms with Gasteiger partial charge in [-0.05, 0) is 18.4 Å². The summed E-state index contributed by atoms with van der Waals surface area (Å²) < 4.78 is 0. The molecule has 78 valence electrons. The van der Waals surface area contributed by atoms with Gasteiger partial charge in [-0.1, -0.05) is 36.4 Å². The van der Waals surface area contributed by atoms with E-state index in [2.05, 4.69) is 23.5 Å². The highest BCUT2D eigenvalue weighted by Gasteiger charge is 2.25. The SMILES string of the molecule is CNC(=O)C1=CCCC1c1ccccc1. The van der Waals surface area contributed by atoms with Gasteiger partial charge in [0.1, 0.15) is 0 Å². The fourth-order valence-corrected chi connectivity index (χ4v) is 2.13. The number of carbonyl (C=O) groups excluding carboxylic acids is 1. The minimum Gasteiger partial charge on any atom is -0.355 e. The van der Waals surface area contributed by atoms with Gasteiger partial charge in [0, 0.05) is 18.5 Å². The summed E-state index contributed by atoms with van der Waals surface area (Å²) in [6.45, 7) is 0. The first kappa shape index (κ1) is 9.97. The minimum atomic E-state index is 0.0568. The van der Waals surface area contributed by atoms with Gasteiger partial charge in [-0.25, -0.2) is 0 Å². The number of nitrogens with one attached hydrogen (secondary N) is 1. The Morgan fingerprint density at radius 3 is 2.73 bits per heavy atom. The monoisotopic (exact) mass is 201 g/mol. The van der Waals surface area contributed by atoms with E-state index in [1.807, 2.05) is 18.2 Å². The summed E-state index contributed by atoms with van der Waals surface area (Å²) in [7, 11) is 1.68. The van der Waals surface area contributed by atoms with Crippen LogP contribution in [0.3, 0.4) is 0 Å². The van der Waals surface area contributed by atoms with Gasteiger partial charge in [0.25, 0.3) is 0 Å². The van der Waals surface area contributed by atoms with E-state index in [9.17, 15) is 4.79 Å². The minimum absolute atomic E-state index is 0.0568. The summed E-state index contributed by atoms with van der Waals surface area (Å²) in [5, 5.41) is 2.70. The molecule has 2 heteroatoms. The van der Waals surface area contributed by atoms with Gasteiger partial charge in [-0.2, -0.15) is 0 Å². The van der Waals surface area contributed by atoms with Crippen LogP contribution < -0.4 is 5.32 Å². The second kappa shape index (κ2) is 4.30. The highest BCUT2D eigenvalue weighted by molar-refractivity contribution is 5.95. The molecule has 1 unspecified atom stereocenters. The van der Waals surface area contributed by atoms with Crippen LogP contribution in [0.15, 0.2) is 42.0 Å². The Kier molecular flexibility index (Phi) is 2.86. The lowest BCUT2D eigenvalue weighted by Crippen LogP contribution is -2.22. The van der Waals surface area contributed by atoms with E-state index in [-0.39, 0.29) is 11.8 Å². The van der Waals surface area contributed by atoms with E-state index in [1.165, 1.54) is 5.56 Å². The third-order valence-corrected chi connectivity index (χ3v) is 2.89. The van der Waals surface area contributed by atoms with E-state index in [0.29, 0.717) is 0 Å². The maximum absolute atomic E-state index is 11.6. The van der Waals surface area contributed by atoms with E-state index in [1.54, 1.807) is 7.05 Å². The summed E-state index contributed by atoms with van der Waals surface area (Å²) >= 11 is 0. The first-order valence-corrected chi connectivity index (χ1v) is 5.30. The Morgan fingerprint density at radius 1 is 1.33 bits per heavy atom. The summed E-state index contributed by atoms with van der Waals surface area (Å²) in [6, 6.07) is 10.2. The highest BCUT2D eigenvalue weighted by atomic mass is 16.1. The zero-order chi connectivity index (χ0) is 10.7. The second-order valence-corrected chi connectivity index (χ2v) is 3.78. The van der Waals surface area contributed by atoms with Crippen molar-refractivity contribution in [1.29, 1.82) is 0 Å². The highest BCUT2D eigenvalue weighted by Crippen LogP contribution is 2.34. The lowest BCUT2D eigenvalue weighted by atomic mass is 9.92. The smallest absolute Gasteiger partial charge is 0.247 e. The van der Waals surface area contributed by atoms with Crippen LogP contribution in [0, 0.1) is 0 Å². The zero-order valence-electron chi connectivity index (χ0n) is 8.86. The van der Waals surface area contributed by atoms with Crippen molar-refractivity contribution in [2.75, 3.05) is 7.05 Å². The Morgan fingerprint density at radius 2 is 2.07 bits per heavy atom. The molecule has 0 bridgehead atoms. The number of allylic oxidation sites excluding steroid dienone is 1. The number of likely N-dealkylation sites (N-methyl/N-ethyl adjacent to an activating group) is 1. The van der Waals surface area contributed by atoms with E-state index >= 15 is 0 Å². The van der Waals surface area contributed by atoms with Gasteiger partial charge in [-0.15, -0.1) is 0 Å². The zero-order valence-corrected chi connectivity index (χ0v) is 8.86. The molecule has 15 heavy (non-hydrogen) atoms. The molecule has 0 saturated heterocycles. The summed E-state index contributed by atoms with van der Waals surface area (Å²) in [5.41, 5.74) is 2.16. The molecule has 0 heterocycles. The topological polar surface area (TPSA) is 29.1 Å². The number of hydrogen-bond donors (Lipinski definition) is 1. The Balaban J connectivity index is 2.25. The van der Waals surface area contributed by atoms with Crippen LogP contribution in [0.2, 0.25) is 0 Å². The first-order chi connectivity index (χ1) is 7.33. The molecule has 1 amide bonds. The molecule has 0 spiro atoms. The van der Waals surface area contributed by atoms with Crippen LogP contribution in [0.4, 0.5) is 0 Å². The van der Waals surface area contributed by atoms with Crippen molar-refractivity contribution >= 4 is 5.91 Å². The van der Waals surface area contributed by atoms with Crippen molar-refractivity contribution in [2.24, 2.45) is 0 Å². The lowest BCUT2D eigenvalue weighted by Gasteiger charge is -2.13. The predicted octanol–water partition coefficient (Wildman–Crippen LogP) is 2.24. The lowest BCUT2D eigenvalue weighted by molar-refractivity contribution is -0.117. The average molecular weight is 201 g/mol. The molecule has 0 saturated carbocycles. The van der Waals surface area contributed by atoms with Crippen molar-refractivity contribution in [1.82, 2.24) is 5.32 Å². The standard InChI is InChI=1S/C13H15NO/c1-14-13(15)12-9-5-8-11(12)10-6-3-2-4-7-10/h2-4,6-7,9,11H,5,8H2,1H3,(H,14,15). The summed E-state index contributed by atoms with van der Waals surface area (Å²) in [4.78, 5) is 11.6. The fraction of sp³-hybridized carbons (Fsp3) is 0.308. The maximum Gasteiger partial charge on any atom is 0.247 e. The third kappa shape index (κ3) is 1.94. The van der Waals surface area contributed by atoms with Crippen LogP contribution in [-0.2, 0) is 4.79 Å². The van der Waals surface area contributed by atoms with Crippen LogP contribution in [0.5, 0.6) is 0 Å². The summed E-state index contributed by atoms with van der Waals surface area (Å²) in [5.74, 6) is 0.340. The van der Waals surface area contributed by atoms with Gasteiger partial charge in [-0.3, -0.25) is 4.79 Å². The largest absolute Gasteiger partial charge is 0.355 e. The van der Waals surface area contributed by atoms with Crippen molar-refractivity contribution in [3.8, 4) is 0 Å². The van der Waals surface area contributed by atoms with Crippen LogP contribution in [0.25, 0.3) is 0 Å². The molecule has 1 aliphatic carbocycles. The van der Waals surface area contributed by atoms with Crippen LogP contribution in [-0.4, -0.2) is 13.0 Å². The molecule has 2 rings (SSSR count). The van der Waals surface area contributed by atoms with Crippen molar-refractivity contribution < 1.29 is 4.79 Å². The van der Waals surface area contributed by atoms with Gasteiger partial charge in [0.05, 0.1) is 0 Å². The number of carbonyl (C=O) groups is 1. The van der Waals surface area contributed by atoms with Crippen LogP contribution >= 0.6 is 0 Å². The first-order valence-electron chi connectivity index (χ1n) is 5.30. The molecular weight excluding hydrogens is 186 g/mol. The number of amides is 1. The average Bonchev–Trinajstić information content (AvgIpc) is 2.78. The Hall–Kier alpha value is -1.57. The quantitative estimate of drug-likeness (QED) is 0.781. The van der Waals surface area contributed by atoms with Crippen LogP contribution in [0.1, 0.15) is 24.3 Å². The third-order valence-electron chi connectivity index (χ3n) is 2.89. The number of rotatable bonds is 2. The molecule has 0 fully saturated rings. The molecule has 1 atom stereocenters. The predicted molar refractivity (Wildman–Crippen MR) is 60.6 cm³/mol. The Labute approximate surface area is 90.0 Å². The molecule has 1 aliphatic rings. The van der Waals surface area contributed by atoms with E-state index in [0.717, 1.165) is 18.4 Å². The molecule has 1 N–H and O–H groups in total. The summed E-state index contributed by atoms with van der Waals surface area (Å²) in [6.07, 6.45) is 4.10. The molecular formula is C13H15NO. The van der Waals surface area contributed by atoms with Crippen molar-refractivity contribution in [3.05, 3.63) is 47.5 Å². The molecule has 0 aliphatic heterocycles. The number of hydrogen-bond acceptors (Lipinski definition) is 1. The van der Waals surface area contributed by atoms with Gasteiger partial charge in [0.15, 0.2) is 0 Å². The van der Waals surface area contributed by atoms with E-state index in [4.69, 9.17) is 0 Å². The Bertz CT molecular complexity index is 381.